The van der Waals surface area contributed by atoms with Crippen LogP contribution < -0.4 is 15.8 Å². The van der Waals surface area contributed by atoms with Gasteiger partial charge in [0, 0.05) is 54.2 Å². The number of aliphatic hydroxyl groups excluding tert-OH is 1. The van der Waals surface area contributed by atoms with E-state index in [1.165, 1.54) is 32.1 Å². The second kappa shape index (κ2) is 16.9. The molecule has 4 aliphatic rings. The Bertz CT molecular complexity index is 2060. The number of nitrogens with one attached hydrogen (secondary N) is 1. The molecular formula is C47H58N4O5. The number of amides is 1. The van der Waals surface area contributed by atoms with Crippen LogP contribution in [0, 0.1) is 5.41 Å². The fourth-order valence-corrected chi connectivity index (χ4v) is 9.33. The van der Waals surface area contributed by atoms with Crippen molar-refractivity contribution in [2.75, 3.05) is 19.7 Å². The highest BCUT2D eigenvalue weighted by atomic mass is 16.5. The summed E-state index contributed by atoms with van der Waals surface area (Å²) in [7, 11) is 0. The second-order valence-electron chi connectivity index (χ2n) is 16.7. The lowest BCUT2D eigenvalue weighted by Gasteiger charge is -2.32. The molecule has 1 saturated heterocycles. The summed E-state index contributed by atoms with van der Waals surface area (Å²) < 4.78 is 15.4. The molecule has 1 saturated carbocycles. The van der Waals surface area contributed by atoms with Crippen LogP contribution in [-0.2, 0) is 22.6 Å². The minimum absolute atomic E-state index is 0.0724. The lowest BCUT2D eigenvalue weighted by atomic mass is 9.78. The second-order valence-corrected chi connectivity index (χ2v) is 16.7. The number of hydrogen-bond acceptors (Lipinski definition) is 7. The molecule has 56 heavy (non-hydrogen) atoms. The topological polar surface area (TPSA) is 122 Å². The monoisotopic (exact) mass is 758 g/mol. The van der Waals surface area contributed by atoms with Gasteiger partial charge >= 0.3 is 0 Å². The van der Waals surface area contributed by atoms with Crippen molar-refractivity contribution in [3.63, 3.8) is 0 Å². The lowest BCUT2D eigenvalue weighted by molar-refractivity contribution is -0.134. The van der Waals surface area contributed by atoms with Crippen molar-refractivity contribution in [1.29, 1.82) is 0 Å². The minimum Gasteiger partial charge on any atom is -0.504 e. The number of nitrogens with zero attached hydrogens (tertiary/aromatic N) is 2. The van der Waals surface area contributed by atoms with Crippen molar-refractivity contribution in [3.05, 3.63) is 113 Å². The molecule has 5 N–H and O–H groups in total. The zero-order valence-electron chi connectivity index (χ0n) is 32.8. The number of aromatic nitrogens is 1. The molecule has 1 aromatic heterocycles. The van der Waals surface area contributed by atoms with Crippen molar-refractivity contribution in [2.24, 2.45) is 11.1 Å². The summed E-state index contributed by atoms with van der Waals surface area (Å²) in [5, 5.41) is 27.9. The van der Waals surface area contributed by atoms with Gasteiger partial charge < -0.3 is 40.2 Å². The third kappa shape index (κ3) is 8.55. The Labute approximate surface area is 331 Å². The van der Waals surface area contributed by atoms with Gasteiger partial charge in [-0.3, -0.25) is 4.79 Å². The molecule has 9 heteroatoms. The Balaban J connectivity index is 1.20. The van der Waals surface area contributed by atoms with Gasteiger partial charge in [-0.05, 0) is 103 Å². The van der Waals surface area contributed by atoms with E-state index in [1.807, 2.05) is 41.3 Å². The van der Waals surface area contributed by atoms with E-state index >= 15 is 0 Å². The standard InChI is InChI=1S/C47H58N4O5/c1-2-47(18-6-7-19-47)20-17-39-26-38(52)14-11-32-12-15-42(53)43(23-32)56-31-37-25-35(40(33-9-4-3-5-10-33)27-45(54)50-21-8-22-50)24-36-28-51(29-41(36)37)46-34(30-55-39)13-16-44(48)49-46/h3-5,9-10,12-13,15-16,23-25,28-29,38-40,44,49,52-53H,2,6-8,11,14,17-22,26-27,30-31,48H2,1H3/t38-,39+,40-,44?/m1/s1. The van der Waals surface area contributed by atoms with Crippen LogP contribution in [0.5, 0.6) is 11.5 Å². The van der Waals surface area contributed by atoms with Gasteiger partial charge in [-0.1, -0.05) is 74.7 Å². The van der Waals surface area contributed by atoms with Crippen molar-refractivity contribution in [3.8, 4) is 11.5 Å². The van der Waals surface area contributed by atoms with Gasteiger partial charge in [-0.15, -0.1) is 0 Å². The van der Waals surface area contributed by atoms with E-state index in [9.17, 15) is 15.0 Å². The maximum Gasteiger partial charge on any atom is 0.223 e. The molecule has 3 aromatic carbocycles. The van der Waals surface area contributed by atoms with Gasteiger partial charge in [-0.25, -0.2) is 0 Å². The normalized spacial score (nSPS) is 23.1. The zero-order valence-corrected chi connectivity index (χ0v) is 32.8. The first kappa shape index (κ1) is 38.3. The summed E-state index contributed by atoms with van der Waals surface area (Å²) >= 11 is 0. The Morgan fingerprint density at radius 2 is 1.84 bits per heavy atom. The number of benzene rings is 3. The number of ether oxygens (including phenoxy) is 2. The number of rotatable bonds is 8. The Hall–Kier alpha value is -4.57. The molecule has 9 nitrogen and oxygen atoms in total. The summed E-state index contributed by atoms with van der Waals surface area (Å²) in [6.07, 6.45) is 18.8. The van der Waals surface area contributed by atoms with E-state index in [-0.39, 0.29) is 36.5 Å². The minimum atomic E-state index is -0.534. The van der Waals surface area contributed by atoms with E-state index < -0.39 is 6.10 Å². The Morgan fingerprint density at radius 3 is 2.61 bits per heavy atom. The van der Waals surface area contributed by atoms with Crippen LogP contribution in [0.3, 0.4) is 0 Å². The molecule has 4 bridgehead atoms. The summed E-state index contributed by atoms with van der Waals surface area (Å²) in [6.45, 7) is 4.54. The first-order valence-corrected chi connectivity index (χ1v) is 20.9. The van der Waals surface area contributed by atoms with Crippen molar-refractivity contribution in [1.82, 2.24) is 14.8 Å². The van der Waals surface area contributed by atoms with Crippen LogP contribution in [0.25, 0.3) is 16.6 Å². The molecule has 0 radical (unpaired) electrons. The highest BCUT2D eigenvalue weighted by Gasteiger charge is 2.33. The summed E-state index contributed by atoms with van der Waals surface area (Å²) in [5.74, 6) is 1.34. The van der Waals surface area contributed by atoms with Crippen LogP contribution in [0.1, 0.15) is 106 Å². The number of aliphatic hydroxyl groups is 1. The fraction of sp³-hybridized carbons (Fsp3) is 0.468. The molecule has 1 unspecified atom stereocenters. The van der Waals surface area contributed by atoms with Gasteiger partial charge in [-0.2, -0.15) is 0 Å². The highest BCUT2D eigenvalue weighted by Crippen LogP contribution is 2.45. The number of phenolic OH excluding ortho intramolecular Hbond substituents is 1. The maximum atomic E-state index is 13.5. The summed E-state index contributed by atoms with van der Waals surface area (Å²) in [6, 6.07) is 20.1. The third-order valence-corrected chi connectivity index (χ3v) is 13.0. The van der Waals surface area contributed by atoms with Crippen molar-refractivity contribution < 1.29 is 24.5 Å². The molecule has 4 heterocycles. The van der Waals surface area contributed by atoms with Crippen molar-refractivity contribution >= 4 is 22.5 Å². The van der Waals surface area contributed by atoms with E-state index in [0.29, 0.717) is 43.5 Å². The first-order chi connectivity index (χ1) is 27.3. The molecule has 4 aromatic rings. The van der Waals surface area contributed by atoms with Crippen LogP contribution in [0.4, 0.5) is 0 Å². The molecule has 2 fully saturated rings. The number of hydrogen-bond donors (Lipinski definition) is 4. The van der Waals surface area contributed by atoms with Gasteiger partial charge in [0.05, 0.1) is 25.0 Å². The molecule has 8 rings (SSSR count). The summed E-state index contributed by atoms with van der Waals surface area (Å²) in [4.78, 5) is 15.5. The number of nitrogens with two attached hydrogens (primary N) is 1. The molecular weight excluding hydrogens is 701 g/mol. The fourth-order valence-electron chi connectivity index (χ4n) is 9.33. The predicted octanol–water partition coefficient (Wildman–Crippen LogP) is 8.13. The largest absolute Gasteiger partial charge is 0.504 e. The number of aromatic hydroxyl groups is 1. The number of aryl methyl sites for hydroxylation is 1. The van der Waals surface area contributed by atoms with E-state index in [2.05, 4.69) is 59.5 Å². The van der Waals surface area contributed by atoms with Gasteiger partial charge in [0.25, 0.3) is 0 Å². The molecule has 1 amide bonds. The van der Waals surface area contributed by atoms with E-state index in [1.54, 1.807) is 6.07 Å². The quantitative estimate of drug-likeness (QED) is 0.143. The molecule has 0 spiro atoms. The van der Waals surface area contributed by atoms with Crippen LogP contribution in [0.2, 0.25) is 0 Å². The molecule has 296 valence electrons. The number of phenols is 1. The van der Waals surface area contributed by atoms with Crippen LogP contribution in [0.15, 0.2) is 90.8 Å². The molecule has 3 aliphatic heterocycles. The van der Waals surface area contributed by atoms with Crippen LogP contribution >= 0.6 is 0 Å². The zero-order chi connectivity index (χ0) is 38.6. The third-order valence-electron chi connectivity index (χ3n) is 13.0. The molecule has 1 aliphatic carbocycles. The number of likely N-dealkylation sites (tertiary alicyclic amines) is 1. The number of carbonyl (C=O) groups is 1. The number of dihydropyridines is 1. The SMILES string of the molecule is CCC1(CC[C@H]2C[C@H](O)CCc3ccc(O)c(c3)OCc3cc([C@H](CC(=O)N4CCC4)c4ccccc4)cc4cn(cc34)C3=C(C=CC(N)N3)CO2)CCCC1. The number of fused-ring (bicyclic) bond motifs is 4. The van der Waals surface area contributed by atoms with Gasteiger partial charge in [0.1, 0.15) is 12.4 Å². The highest BCUT2D eigenvalue weighted by molar-refractivity contribution is 5.88. The van der Waals surface area contributed by atoms with E-state index in [0.717, 1.165) is 76.8 Å². The smallest absolute Gasteiger partial charge is 0.223 e. The van der Waals surface area contributed by atoms with Gasteiger partial charge in [0.2, 0.25) is 5.91 Å². The molecule has 4 atom stereocenters. The number of carbonyl (C=O) groups excluding carboxylic acids is 1. The van der Waals surface area contributed by atoms with Gasteiger partial charge in [0.15, 0.2) is 11.5 Å². The Morgan fingerprint density at radius 1 is 1.02 bits per heavy atom. The Kier molecular flexibility index (Phi) is 11.6. The summed E-state index contributed by atoms with van der Waals surface area (Å²) in [5.41, 5.74) is 11.9. The predicted molar refractivity (Wildman–Crippen MR) is 221 cm³/mol. The van der Waals surface area contributed by atoms with Crippen molar-refractivity contribution in [2.45, 2.75) is 115 Å². The van der Waals surface area contributed by atoms with E-state index in [4.69, 9.17) is 15.2 Å². The van der Waals surface area contributed by atoms with Crippen LogP contribution in [-0.4, -0.2) is 63.7 Å². The average molecular weight is 759 g/mol. The lowest BCUT2D eigenvalue weighted by Crippen LogP contribution is -2.42. The first-order valence-electron chi connectivity index (χ1n) is 20.9. The average Bonchev–Trinajstić information content (AvgIpc) is 3.85. The maximum absolute atomic E-state index is 13.5.